The fraction of sp³-hybridized carbons (Fsp3) is 0.348. The number of aryl methyl sites for hydroxylation is 1. The first kappa shape index (κ1) is 20.9. The average molecular weight is 422 g/mol. The Hall–Kier alpha value is -3.39. The van der Waals surface area contributed by atoms with Crippen LogP contribution in [0, 0.1) is 0 Å². The highest BCUT2D eigenvalue weighted by atomic mass is 16.6. The van der Waals surface area contributed by atoms with Crippen molar-refractivity contribution in [1.82, 2.24) is 9.47 Å². The maximum Gasteiger partial charge on any atom is 0.249 e. The number of likely N-dealkylation sites (tertiary alicyclic amines) is 1. The van der Waals surface area contributed by atoms with Crippen molar-refractivity contribution in [2.45, 2.75) is 25.9 Å². The zero-order chi connectivity index (χ0) is 22.0. The first-order valence-corrected chi connectivity index (χ1v) is 10.3. The number of nitrogens with one attached hydrogen (secondary N) is 1. The van der Waals surface area contributed by atoms with Crippen LogP contribution in [0.5, 0.6) is 0 Å². The van der Waals surface area contributed by atoms with Gasteiger partial charge < -0.3 is 24.4 Å². The fourth-order valence-electron chi connectivity index (χ4n) is 4.30. The summed E-state index contributed by atoms with van der Waals surface area (Å²) in [6.45, 7) is 3.13. The van der Waals surface area contributed by atoms with E-state index in [9.17, 15) is 9.59 Å². The molecule has 8 heteroatoms. The SMILES string of the molecule is CCn1c2ccccc2c2cc(NC(=O)[C@@H]3C/C(=N\OC)CN3C(=O)COC)ccc21. The lowest BCUT2D eigenvalue weighted by atomic mass is 10.1. The molecule has 1 atom stereocenters. The van der Waals surface area contributed by atoms with Gasteiger partial charge in [0.15, 0.2) is 0 Å². The molecular weight excluding hydrogens is 396 g/mol. The van der Waals surface area contributed by atoms with Gasteiger partial charge in [0.05, 0.1) is 12.3 Å². The Balaban J connectivity index is 1.63. The molecule has 2 amide bonds. The largest absolute Gasteiger partial charge is 0.399 e. The van der Waals surface area contributed by atoms with E-state index >= 15 is 0 Å². The Morgan fingerprint density at radius 3 is 2.65 bits per heavy atom. The van der Waals surface area contributed by atoms with Gasteiger partial charge in [0.2, 0.25) is 11.8 Å². The molecule has 8 nitrogen and oxygen atoms in total. The Morgan fingerprint density at radius 2 is 1.90 bits per heavy atom. The summed E-state index contributed by atoms with van der Waals surface area (Å²) in [6, 6.07) is 13.5. The maximum absolute atomic E-state index is 13.1. The molecule has 1 fully saturated rings. The summed E-state index contributed by atoms with van der Waals surface area (Å²) >= 11 is 0. The first-order valence-electron chi connectivity index (χ1n) is 10.3. The summed E-state index contributed by atoms with van der Waals surface area (Å²) in [4.78, 5) is 31.9. The molecule has 1 N–H and O–H groups in total. The zero-order valence-electron chi connectivity index (χ0n) is 17.9. The van der Waals surface area contributed by atoms with E-state index < -0.39 is 6.04 Å². The molecule has 1 aromatic heterocycles. The second-order valence-electron chi connectivity index (χ2n) is 7.50. The van der Waals surface area contributed by atoms with Crippen LogP contribution in [-0.2, 0) is 25.7 Å². The number of nitrogens with zero attached hydrogens (tertiary/aromatic N) is 3. The molecule has 0 saturated carbocycles. The number of amides is 2. The number of ether oxygens (including phenoxy) is 1. The molecular formula is C23H26N4O4. The number of aromatic nitrogens is 1. The summed E-state index contributed by atoms with van der Waals surface area (Å²) in [5.74, 6) is -0.519. The van der Waals surface area contributed by atoms with E-state index in [1.807, 2.05) is 30.3 Å². The van der Waals surface area contributed by atoms with Crippen LogP contribution in [-0.4, -0.2) is 60.4 Å². The van der Waals surface area contributed by atoms with Crippen LogP contribution in [0.4, 0.5) is 5.69 Å². The van der Waals surface area contributed by atoms with E-state index in [0.29, 0.717) is 17.8 Å². The van der Waals surface area contributed by atoms with Gasteiger partial charge >= 0.3 is 0 Å². The lowest BCUT2D eigenvalue weighted by Gasteiger charge is -2.23. The molecule has 1 aliphatic heterocycles. The van der Waals surface area contributed by atoms with Gasteiger partial charge in [0.25, 0.3) is 0 Å². The Bertz CT molecular complexity index is 1170. The van der Waals surface area contributed by atoms with Crippen molar-refractivity contribution >= 4 is 45.0 Å². The van der Waals surface area contributed by atoms with E-state index in [1.54, 1.807) is 0 Å². The number of carbonyl (C=O) groups excluding carboxylic acids is 2. The fourth-order valence-corrected chi connectivity index (χ4v) is 4.30. The third-order valence-electron chi connectivity index (χ3n) is 5.63. The maximum atomic E-state index is 13.1. The smallest absolute Gasteiger partial charge is 0.249 e. The predicted molar refractivity (Wildman–Crippen MR) is 120 cm³/mol. The number of hydrogen-bond donors (Lipinski definition) is 1. The molecule has 1 saturated heterocycles. The highest BCUT2D eigenvalue weighted by Gasteiger charge is 2.38. The molecule has 0 unspecified atom stereocenters. The Morgan fingerprint density at radius 1 is 1.13 bits per heavy atom. The van der Waals surface area contributed by atoms with Crippen molar-refractivity contribution in [3.05, 3.63) is 42.5 Å². The van der Waals surface area contributed by atoms with Crippen LogP contribution in [0.2, 0.25) is 0 Å². The van der Waals surface area contributed by atoms with Crippen molar-refractivity contribution in [2.24, 2.45) is 5.16 Å². The Kier molecular flexibility index (Phi) is 5.90. The highest BCUT2D eigenvalue weighted by Crippen LogP contribution is 2.31. The molecule has 1 aliphatic rings. The molecule has 0 radical (unpaired) electrons. The summed E-state index contributed by atoms with van der Waals surface area (Å²) < 4.78 is 7.22. The van der Waals surface area contributed by atoms with Gasteiger partial charge in [-0.25, -0.2) is 0 Å². The average Bonchev–Trinajstić information content (AvgIpc) is 3.33. The number of benzene rings is 2. The standard InChI is InChI=1S/C23H26N4O4/c1-4-26-19-8-6-5-7-17(19)18-11-15(9-10-20(18)26)24-23(29)21-12-16(25-31-3)13-27(21)22(28)14-30-2/h5-11,21H,4,12-14H2,1-3H3,(H,24,29)/b25-16+/t21-/m0/s1. The number of methoxy groups -OCH3 is 1. The van der Waals surface area contributed by atoms with E-state index in [1.165, 1.54) is 19.1 Å². The van der Waals surface area contributed by atoms with Crippen LogP contribution in [0.15, 0.2) is 47.6 Å². The molecule has 162 valence electrons. The number of para-hydroxylation sites is 1. The number of hydrogen-bond acceptors (Lipinski definition) is 5. The second kappa shape index (κ2) is 8.77. The summed E-state index contributed by atoms with van der Waals surface area (Å²) in [5.41, 5.74) is 3.62. The van der Waals surface area contributed by atoms with Crippen molar-refractivity contribution in [1.29, 1.82) is 0 Å². The van der Waals surface area contributed by atoms with Crippen LogP contribution in [0.3, 0.4) is 0 Å². The number of fused-ring (bicyclic) bond motifs is 3. The first-order chi connectivity index (χ1) is 15.1. The van der Waals surface area contributed by atoms with Gasteiger partial charge in [-0.2, -0.15) is 0 Å². The third-order valence-corrected chi connectivity index (χ3v) is 5.63. The molecule has 4 rings (SSSR count). The number of carbonyl (C=O) groups is 2. The molecule has 2 aromatic carbocycles. The minimum atomic E-state index is -0.663. The van der Waals surface area contributed by atoms with Crippen LogP contribution >= 0.6 is 0 Å². The topological polar surface area (TPSA) is 85.2 Å². The van der Waals surface area contributed by atoms with Crippen molar-refractivity contribution < 1.29 is 19.2 Å². The molecule has 31 heavy (non-hydrogen) atoms. The van der Waals surface area contributed by atoms with Crippen molar-refractivity contribution in [2.75, 3.05) is 32.7 Å². The molecule has 0 bridgehead atoms. The molecule has 0 aliphatic carbocycles. The van der Waals surface area contributed by atoms with Gasteiger partial charge in [-0.05, 0) is 31.2 Å². The van der Waals surface area contributed by atoms with Gasteiger partial charge in [0, 0.05) is 47.6 Å². The minimum Gasteiger partial charge on any atom is -0.399 e. The van der Waals surface area contributed by atoms with Gasteiger partial charge in [-0.1, -0.05) is 23.4 Å². The Labute approximate surface area is 180 Å². The predicted octanol–water partition coefficient (Wildman–Crippen LogP) is 3.00. The molecule has 0 spiro atoms. The minimum absolute atomic E-state index is 0.0908. The van der Waals surface area contributed by atoms with Crippen LogP contribution in [0.1, 0.15) is 13.3 Å². The number of rotatable bonds is 6. The highest BCUT2D eigenvalue weighted by molar-refractivity contribution is 6.11. The summed E-state index contributed by atoms with van der Waals surface area (Å²) in [6.07, 6.45) is 0.326. The third kappa shape index (κ3) is 3.86. The van der Waals surface area contributed by atoms with E-state index in [2.05, 4.69) is 34.1 Å². The van der Waals surface area contributed by atoms with Gasteiger partial charge in [-0.3, -0.25) is 9.59 Å². The lowest BCUT2D eigenvalue weighted by Crippen LogP contribution is -2.44. The van der Waals surface area contributed by atoms with E-state index in [0.717, 1.165) is 28.4 Å². The van der Waals surface area contributed by atoms with Crippen molar-refractivity contribution in [3.63, 3.8) is 0 Å². The zero-order valence-corrected chi connectivity index (χ0v) is 17.9. The van der Waals surface area contributed by atoms with Gasteiger partial charge in [-0.15, -0.1) is 0 Å². The second-order valence-corrected chi connectivity index (χ2v) is 7.50. The summed E-state index contributed by atoms with van der Waals surface area (Å²) in [7, 11) is 2.90. The van der Waals surface area contributed by atoms with Crippen LogP contribution < -0.4 is 5.32 Å². The lowest BCUT2D eigenvalue weighted by molar-refractivity contribution is -0.139. The normalized spacial score (nSPS) is 17.6. The van der Waals surface area contributed by atoms with E-state index in [-0.39, 0.29) is 25.0 Å². The number of anilines is 1. The van der Waals surface area contributed by atoms with Crippen LogP contribution in [0.25, 0.3) is 21.8 Å². The molecule has 3 aromatic rings. The van der Waals surface area contributed by atoms with Crippen molar-refractivity contribution in [3.8, 4) is 0 Å². The summed E-state index contributed by atoms with van der Waals surface area (Å²) in [5, 5.41) is 9.14. The molecule has 2 heterocycles. The quantitative estimate of drug-likeness (QED) is 0.619. The van der Waals surface area contributed by atoms with Gasteiger partial charge in [0.1, 0.15) is 19.8 Å². The number of oxime groups is 1. The van der Waals surface area contributed by atoms with E-state index in [4.69, 9.17) is 9.57 Å². The monoisotopic (exact) mass is 422 g/mol.